The molecule has 5 aliphatic rings. The van der Waals surface area contributed by atoms with Crippen LogP contribution in [0, 0.1) is 11.8 Å². The second kappa shape index (κ2) is 12.9. The molecular formula is C35H64O9Si2. The largest absolute Gasteiger partial charge is 0.459 e. The van der Waals surface area contributed by atoms with Gasteiger partial charge in [-0.05, 0) is 6.92 Å². The van der Waals surface area contributed by atoms with E-state index in [0.717, 1.165) is 6.42 Å². The predicted molar refractivity (Wildman–Crippen MR) is 183 cm³/mol. The highest BCUT2D eigenvalue weighted by Crippen LogP contribution is 2.56. The molecule has 5 aliphatic heterocycles. The number of esters is 1. The Morgan fingerprint density at radius 2 is 1.17 bits per heavy atom. The number of hydrogen-bond donors (Lipinski definition) is 1. The van der Waals surface area contributed by atoms with E-state index in [2.05, 4.69) is 89.7 Å². The van der Waals surface area contributed by atoms with E-state index >= 15 is 0 Å². The first-order valence-corrected chi connectivity index (χ1v) is 21.0. The first-order valence-electron chi connectivity index (χ1n) is 17.3. The Morgan fingerprint density at radius 3 is 1.61 bits per heavy atom. The van der Waals surface area contributed by atoms with Crippen molar-refractivity contribution in [1.82, 2.24) is 0 Å². The summed E-state index contributed by atoms with van der Waals surface area (Å²) in [6.45, 7) is 35.3. The van der Waals surface area contributed by atoms with Crippen molar-refractivity contribution in [2.24, 2.45) is 11.8 Å². The number of fused-ring (bicyclic) bond motifs is 3. The van der Waals surface area contributed by atoms with E-state index < -0.39 is 23.2 Å². The predicted octanol–water partition coefficient (Wildman–Crippen LogP) is 6.95. The number of carbonyl (C=O) groups excluding carboxylic acids is 1. The number of aliphatic hydroxyl groups is 1. The Morgan fingerprint density at radius 1 is 0.739 bits per heavy atom. The van der Waals surface area contributed by atoms with Crippen molar-refractivity contribution in [1.29, 1.82) is 0 Å². The highest BCUT2D eigenvalue weighted by molar-refractivity contribution is 6.74. The Bertz CT molecular complexity index is 1070. The van der Waals surface area contributed by atoms with Gasteiger partial charge in [0.2, 0.25) is 0 Å². The minimum Gasteiger partial charge on any atom is -0.459 e. The van der Waals surface area contributed by atoms with Crippen LogP contribution in [0.15, 0.2) is 12.7 Å². The van der Waals surface area contributed by atoms with Crippen molar-refractivity contribution in [3.63, 3.8) is 0 Å². The van der Waals surface area contributed by atoms with Gasteiger partial charge in [-0.2, -0.15) is 0 Å². The molecule has 11 heteroatoms. The lowest BCUT2D eigenvalue weighted by Crippen LogP contribution is -2.67. The maximum absolute atomic E-state index is 11.8. The summed E-state index contributed by atoms with van der Waals surface area (Å²) in [5.74, 6) is -0.245. The van der Waals surface area contributed by atoms with Gasteiger partial charge < -0.3 is 37.0 Å². The van der Waals surface area contributed by atoms with Gasteiger partial charge in [0.15, 0.2) is 0 Å². The molecule has 0 aliphatic carbocycles. The average molecular weight is 685 g/mol. The van der Waals surface area contributed by atoms with Crippen LogP contribution in [0.3, 0.4) is 0 Å². The minimum absolute atomic E-state index is 0.0479. The zero-order valence-electron chi connectivity index (χ0n) is 31.1. The monoisotopic (exact) mass is 684 g/mol. The maximum atomic E-state index is 11.8. The van der Waals surface area contributed by atoms with Crippen LogP contribution in [-0.2, 0) is 36.7 Å². The summed E-state index contributed by atoms with van der Waals surface area (Å²) in [7, 11) is -4.98. The van der Waals surface area contributed by atoms with Crippen LogP contribution in [0.25, 0.3) is 0 Å². The average Bonchev–Trinajstić information content (AvgIpc) is 3.20. The molecule has 0 radical (unpaired) electrons. The van der Waals surface area contributed by atoms with Gasteiger partial charge in [-0.15, -0.1) is 6.58 Å². The van der Waals surface area contributed by atoms with Gasteiger partial charge in [0.1, 0.15) is 24.4 Å². The molecule has 0 saturated carbocycles. The summed E-state index contributed by atoms with van der Waals surface area (Å²) >= 11 is 0. The Kier molecular flexibility index (Phi) is 10.7. The van der Waals surface area contributed by atoms with E-state index in [4.69, 9.17) is 31.9 Å². The standard InChI is InChI=1S/C18H34O4Si.C17H30O5Si/c1-9-12(2)16-13(19)10-14-15(21-16)11-20-23(22-14,17(3,4)5)18(6,7)8;1-10-14-12(21-15(10)18)8-11-13(20-14)9-19-23(22-11,16(2,3)4)17(5,6)7/h9,12-16,19H,1,10-11H2,2-8H3;10-14H,8-9H2,1-7H3/t12-,13+,14-,15-,16+;10-,11+,12-,13+,14-/m10/s1. The second-order valence-electron chi connectivity index (χ2n) is 18.3. The van der Waals surface area contributed by atoms with Crippen LogP contribution in [0.5, 0.6) is 0 Å². The summed E-state index contributed by atoms with van der Waals surface area (Å²) in [5.41, 5.74) is 0. The number of hydrogen-bond acceptors (Lipinski definition) is 9. The summed E-state index contributed by atoms with van der Waals surface area (Å²) in [6.07, 6.45) is 1.75. The topological polar surface area (TPSA) is 102 Å². The molecule has 0 spiro atoms. The molecule has 0 aromatic rings. The molecule has 5 saturated heterocycles. The molecule has 0 aromatic heterocycles. The third kappa shape index (κ3) is 6.75. The van der Waals surface area contributed by atoms with Crippen LogP contribution < -0.4 is 0 Å². The molecule has 266 valence electrons. The van der Waals surface area contributed by atoms with E-state index in [1.165, 1.54) is 0 Å². The smallest absolute Gasteiger partial charge is 0.349 e. The highest BCUT2D eigenvalue weighted by Gasteiger charge is 2.65. The molecule has 5 heterocycles. The fourth-order valence-corrected chi connectivity index (χ4v) is 18.5. The van der Waals surface area contributed by atoms with Crippen molar-refractivity contribution in [2.75, 3.05) is 13.2 Å². The van der Waals surface area contributed by atoms with Crippen molar-refractivity contribution in [3.05, 3.63) is 12.7 Å². The van der Waals surface area contributed by atoms with Crippen molar-refractivity contribution in [3.8, 4) is 0 Å². The second-order valence-corrected chi connectivity index (χ2v) is 27.9. The van der Waals surface area contributed by atoms with Crippen LogP contribution in [0.4, 0.5) is 0 Å². The van der Waals surface area contributed by atoms with E-state index in [9.17, 15) is 9.90 Å². The lowest BCUT2D eigenvalue weighted by atomic mass is 9.91. The molecule has 5 rings (SSSR count). The third-order valence-electron chi connectivity index (χ3n) is 10.7. The molecule has 9 nitrogen and oxygen atoms in total. The Balaban J connectivity index is 0.000000209. The molecule has 0 bridgehead atoms. The first-order chi connectivity index (χ1) is 20.9. The van der Waals surface area contributed by atoms with E-state index in [-0.39, 0.29) is 80.7 Å². The molecule has 1 N–H and O–H groups in total. The molecular weight excluding hydrogens is 621 g/mol. The lowest BCUT2D eigenvalue weighted by molar-refractivity contribution is -0.206. The van der Waals surface area contributed by atoms with E-state index in [0.29, 0.717) is 19.6 Å². The molecule has 46 heavy (non-hydrogen) atoms. The maximum Gasteiger partial charge on any atom is 0.349 e. The molecule has 5 fully saturated rings. The van der Waals surface area contributed by atoms with Crippen molar-refractivity contribution in [2.45, 2.75) is 179 Å². The number of carbonyl (C=O) groups is 1. The fraction of sp³-hybridized carbons (Fsp3) is 0.914. The molecule has 0 amide bonds. The van der Waals surface area contributed by atoms with E-state index in [1.807, 2.05) is 19.9 Å². The quantitative estimate of drug-likeness (QED) is 0.188. The minimum atomic E-state index is -2.49. The van der Waals surface area contributed by atoms with Gasteiger partial charge in [-0.1, -0.05) is 96.1 Å². The van der Waals surface area contributed by atoms with Gasteiger partial charge in [0, 0.05) is 38.9 Å². The number of ether oxygens (including phenoxy) is 3. The SMILES string of the molecule is C=C[C@@H](C)[C@@H]1O[C@@H]2CO[Si](C(C)(C)C)(C(C)(C)C)O[C@@H]2C[C@@H]1O.C[C@@H]1C(=O)O[C@H]2C[C@H]3O[Si](C(C)(C)C)(C(C)(C)C)OC[C@H]3O[C@H]21. The normalized spacial score (nSPS) is 38.2. The fourth-order valence-electron chi connectivity index (χ4n) is 8.61. The molecule has 10 atom stereocenters. The summed E-state index contributed by atoms with van der Waals surface area (Å²) in [4.78, 5) is 11.8. The summed E-state index contributed by atoms with van der Waals surface area (Å²) < 4.78 is 44.0. The molecule has 0 unspecified atom stereocenters. The lowest BCUT2D eigenvalue weighted by Gasteiger charge is -2.56. The zero-order valence-corrected chi connectivity index (χ0v) is 33.1. The summed E-state index contributed by atoms with van der Waals surface area (Å²) in [5, 5.41) is 10.3. The van der Waals surface area contributed by atoms with Crippen molar-refractivity contribution >= 4 is 23.1 Å². The zero-order chi connectivity index (χ0) is 34.8. The van der Waals surface area contributed by atoms with Crippen LogP contribution in [0.1, 0.15) is 110 Å². The summed E-state index contributed by atoms with van der Waals surface area (Å²) in [6, 6.07) is 0. The van der Waals surface area contributed by atoms with Crippen molar-refractivity contribution < 1.29 is 41.8 Å². The third-order valence-corrected chi connectivity index (χ3v) is 21.0. The van der Waals surface area contributed by atoms with Crippen LogP contribution in [0.2, 0.25) is 20.2 Å². The number of rotatable bonds is 2. The Hall–Kier alpha value is -0.636. The van der Waals surface area contributed by atoms with Gasteiger partial charge >= 0.3 is 23.1 Å². The van der Waals surface area contributed by atoms with Gasteiger partial charge in [0.25, 0.3) is 0 Å². The number of aliphatic hydroxyl groups excluding tert-OH is 1. The molecule has 0 aromatic carbocycles. The van der Waals surface area contributed by atoms with Gasteiger partial charge in [-0.25, -0.2) is 0 Å². The van der Waals surface area contributed by atoms with Gasteiger partial charge in [0.05, 0.1) is 43.5 Å². The van der Waals surface area contributed by atoms with E-state index in [1.54, 1.807) is 0 Å². The first kappa shape index (κ1) is 38.2. The Labute approximate surface area is 280 Å². The highest BCUT2D eigenvalue weighted by atomic mass is 28.4. The van der Waals surface area contributed by atoms with Gasteiger partial charge in [-0.3, -0.25) is 4.79 Å². The van der Waals surface area contributed by atoms with Crippen LogP contribution >= 0.6 is 0 Å². The van der Waals surface area contributed by atoms with Crippen LogP contribution in [-0.4, -0.2) is 90.2 Å².